The Bertz CT molecular complexity index is 530. The van der Waals surface area contributed by atoms with Gasteiger partial charge in [0.25, 0.3) is 11.8 Å². The van der Waals surface area contributed by atoms with Crippen LogP contribution in [0.15, 0.2) is 24.3 Å². The standard InChI is InChI=1S/C11H10F3N3O2/c12-11(13,14)5-17-7-4-2-1-3-6(7)9(18)16-8(15)10(17)19/h1-4,8H,5,15H2,(H,16,18). The molecule has 1 aromatic rings. The first kappa shape index (κ1) is 13.3. The minimum atomic E-state index is -4.59. The molecule has 0 bridgehead atoms. The third-order valence-electron chi connectivity index (χ3n) is 2.60. The van der Waals surface area contributed by atoms with Gasteiger partial charge in [-0.15, -0.1) is 0 Å². The number of nitrogens with one attached hydrogen (secondary N) is 1. The van der Waals surface area contributed by atoms with Crippen LogP contribution in [-0.2, 0) is 4.79 Å². The van der Waals surface area contributed by atoms with E-state index in [1.807, 2.05) is 0 Å². The van der Waals surface area contributed by atoms with Gasteiger partial charge in [0, 0.05) is 0 Å². The van der Waals surface area contributed by atoms with E-state index in [4.69, 9.17) is 5.73 Å². The van der Waals surface area contributed by atoms with Crippen LogP contribution >= 0.6 is 0 Å². The maximum absolute atomic E-state index is 12.5. The molecule has 1 unspecified atom stereocenters. The lowest BCUT2D eigenvalue weighted by Gasteiger charge is -2.24. The zero-order valence-electron chi connectivity index (χ0n) is 9.57. The van der Waals surface area contributed by atoms with E-state index in [1.165, 1.54) is 24.3 Å². The molecule has 0 radical (unpaired) electrons. The molecule has 0 aromatic heterocycles. The van der Waals surface area contributed by atoms with Gasteiger partial charge < -0.3 is 11.1 Å². The molecule has 0 saturated heterocycles. The van der Waals surface area contributed by atoms with Crippen molar-refractivity contribution in [3.8, 4) is 0 Å². The number of rotatable bonds is 1. The molecule has 1 aliphatic rings. The number of nitrogens with zero attached hydrogens (tertiary/aromatic N) is 1. The Morgan fingerprint density at radius 3 is 2.53 bits per heavy atom. The average Bonchev–Trinajstić information content (AvgIpc) is 2.40. The van der Waals surface area contributed by atoms with Gasteiger partial charge in [-0.05, 0) is 12.1 Å². The van der Waals surface area contributed by atoms with Crippen LogP contribution in [0.2, 0.25) is 0 Å². The Kier molecular flexibility index (Phi) is 3.19. The molecule has 8 heteroatoms. The highest BCUT2D eigenvalue weighted by Gasteiger charge is 2.39. The van der Waals surface area contributed by atoms with Crippen molar-refractivity contribution in [3.05, 3.63) is 29.8 Å². The van der Waals surface area contributed by atoms with Crippen LogP contribution in [0.5, 0.6) is 0 Å². The summed E-state index contributed by atoms with van der Waals surface area (Å²) in [7, 11) is 0. The predicted octanol–water partition coefficient (Wildman–Crippen LogP) is 0.610. The van der Waals surface area contributed by atoms with Crippen molar-refractivity contribution < 1.29 is 22.8 Å². The van der Waals surface area contributed by atoms with Crippen molar-refractivity contribution in [2.45, 2.75) is 12.3 Å². The van der Waals surface area contributed by atoms with Gasteiger partial charge in [0.2, 0.25) is 0 Å². The van der Waals surface area contributed by atoms with Crippen LogP contribution in [0.1, 0.15) is 10.4 Å². The molecular formula is C11H10F3N3O2. The highest BCUT2D eigenvalue weighted by atomic mass is 19.4. The van der Waals surface area contributed by atoms with Gasteiger partial charge in [-0.25, -0.2) is 0 Å². The molecule has 102 valence electrons. The summed E-state index contributed by atoms with van der Waals surface area (Å²) < 4.78 is 37.6. The van der Waals surface area contributed by atoms with Gasteiger partial charge in [-0.3, -0.25) is 14.5 Å². The molecular weight excluding hydrogens is 263 g/mol. The van der Waals surface area contributed by atoms with Crippen LogP contribution in [0.3, 0.4) is 0 Å². The van der Waals surface area contributed by atoms with Gasteiger partial charge in [-0.2, -0.15) is 13.2 Å². The molecule has 1 aliphatic heterocycles. The van der Waals surface area contributed by atoms with Crippen LogP contribution < -0.4 is 16.0 Å². The van der Waals surface area contributed by atoms with Crippen LogP contribution in [0, 0.1) is 0 Å². The Morgan fingerprint density at radius 2 is 1.89 bits per heavy atom. The Labute approximate surface area is 106 Å². The normalized spacial score (nSPS) is 19.8. The summed E-state index contributed by atoms with van der Waals surface area (Å²) in [5.74, 6) is -1.68. The van der Waals surface area contributed by atoms with Crippen LogP contribution in [-0.4, -0.2) is 30.7 Å². The van der Waals surface area contributed by atoms with Gasteiger partial charge in [0.1, 0.15) is 6.54 Å². The van der Waals surface area contributed by atoms with E-state index in [9.17, 15) is 22.8 Å². The number of carbonyl (C=O) groups is 2. The Morgan fingerprint density at radius 1 is 1.26 bits per heavy atom. The number of hydrogen-bond acceptors (Lipinski definition) is 3. The van der Waals surface area contributed by atoms with E-state index in [0.29, 0.717) is 4.90 Å². The van der Waals surface area contributed by atoms with Gasteiger partial charge in [-0.1, -0.05) is 12.1 Å². The molecule has 5 nitrogen and oxygen atoms in total. The summed E-state index contributed by atoms with van der Waals surface area (Å²) in [6.45, 7) is -1.49. The smallest absolute Gasteiger partial charge is 0.328 e. The summed E-state index contributed by atoms with van der Waals surface area (Å²) in [5, 5.41) is 2.14. The number of para-hydroxylation sites is 1. The molecule has 3 N–H and O–H groups in total. The molecule has 0 aliphatic carbocycles. The van der Waals surface area contributed by atoms with Crippen molar-refractivity contribution in [1.82, 2.24) is 5.32 Å². The van der Waals surface area contributed by atoms with Crippen LogP contribution in [0.25, 0.3) is 0 Å². The van der Waals surface area contributed by atoms with Gasteiger partial charge in [0.05, 0.1) is 11.3 Å². The molecule has 19 heavy (non-hydrogen) atoms. The van der Waals surface area contributed by atoms with E-state index in [2.05, 4.69) is 5.32 Å². The molecule has 1 atom stereocenters. The molecule has 1 heterocycles. The maximum Gasteiger partial charge on any atom is 0.406 e. The fourth-order valence-corrected chi connectivity index (χ4v) is 1.81. The summed E-state index contributed by atoms with van der Waals surface area (Å²) in [6, 6.07) is 5.54. The minimum absolute atomic E-state index is 0.0203. The highest BCUT2D eigenvalue weighted by Crippen LogP contribution is 2.27. The van der Waals surface area contributed by atoms with Crippen molar-refractivity contribution in [1.29, 1.82) is 0 Å². The van der Waals surface area contributed by atoms with Gasteiger partial charge in [0.15, 0.2) is 6.17 Å². The average molecular weight is 273 g/mol. The fourth-order valence-electron chi connectivity index (χ4n) is 1.81. The number of fused-ring (bicyclic) bond motifs is 1. The third-order valence-corrected chi connectivity index (χ3v) is 2.60. The van der Waals surface area contributed by atoms with E-state index < -0.39 is 30.7 Å². The molecule has 0 spiro atoms. The number of benzene rings is 1. The molecule has 2 amide bonds. The number of nitrogens with two attached hydrogens (primary N) is 1. The first-order valence-corrected chi connectivity index (χ1v) is 5.33. The lowest BCUT2D eigenvalue weighted by molar-refractivity contribution is -0.133. The summed E-state index contributed by atoms with van der Waals surface area (Å²) in [4.78, 5) is 24.0. The van der Waals surface area contributed by atoms with E-state index in [0.717, 1.165) is 0 Å². The number of halogens is 3. The number of anilines is 1. The third kappa shape index (κ3) is 2.68. The lowest BCUT2D eigenvalue weighted by atomic mass is 10.1. The first-order valence-electron chi connectivity index (χ1n) is 5.33. The van der Waals surface area contributed by atoms with Crippen LogP contribution in [0.4, 0.5) is 18.9 Å². The molecule has 0 fully saturated rings. The highest BCUT2D eigenvalue weighted by molar-refractivity contribution is 6.10. The second-order valence-electron chi connectivity index (χ2n) is 4.01. The summed E-state index contributed by atoms with van der Waals surface area (Å²) in [5.41, 5.74) is 5.24. The van der Waals surface area contributed by atoms with Crippen molar-refractivity contribution in [3.63, 3.8) is 0 Å². The van der Waals surface area contributed by atoms with E-state index >= 15 is 0 Å². The Hall–Kier alpha value is -2.09. The predicted molar refractivity (Wildman–Crippen MR) is 60.3 cm³/mol. The zero-order chi connectivity index (χ0) is 14.2. The Balaban J connectivity index is 2.51. The number of carbonyl (C=O) groups excluding carboxylic acids is 2. The maximum atomic E-state index is 12.5. The number of amides is 2. The second-order valence-corrected chi connectivity index (χ2v) is 4.01. The van der Waals surface area contributed by atoms with Gasteiger partial charge >= 0.3 is 6.18 Å². The topological polar surface area (TPSA) is 75.4 Å². The number of alkyl halides is 3. The van der Waals surface area contributed by atoms with Crippen molar-refractivity contribution in [2.24, 2.45) is 5.73 Å². The second kappa shape index (κ2) is 4.54. The summed E-state index contributed by atoms with van der Waals surface area (Å²) >= 11 is 0. The molecule has 2 rings (SSSR count). The van der Waals surface area contributed by atoms with E-state index in [1.54, 1.807) is 0 Å². The quantitative estimate of drug-likeness (QED) is 0.787. The number of hydrogen-bond donors (Lipinski definition) is 2. The lowest BCUT2D eigenvalue weighted by Crippen LogP contribution is -2.53. The fraction of sp³-hybridized carbons (Fsp3) is 0.273. The van der Waals surface area contributed by atoms with Crippen molar-refractivity contribution in [2.75, 3.05) is 11.4 Å². The summed E-state index contributed by atoms with van der Waals surface area (Å²) in [6.07, 6.45) is -6.09. The minimum Gasteiger partial charge on any atom is -0.328 e. The zero-order valence-corrected chi connectivity index (χ0v) is 9.57. The SMILES string of the molecule is NC1NC(=O)c2ccccc2N(CC(F)(F)F)C1=O. The molecule has 0 saturated carbocycles. The van der Waals surface area contributed by atoms with Crippen molar-refractivity contribution >= 4 is 17.5 Å². The largest absolute Gasteiger partial charge is 0.406 e. The molecule has 1 aromatic carbocycles. The first-order chi connectivity index (χ1) is 8.79. The van der Waals surface area contributed by atoms with E-state index in [-0.39, 0.29) is 11.3 Å². The monoisotopic (exact) mass is 273 g/mol.